The molecule has 2 fully saturated rings. The van der Waals surface area contributed by atoms with Crippen molar-refractivity contribution >= 4 is 11.6 Å². The molecule has 2 N–H and O–H groups in total. The first-order valence-corrected chi connectivity index (χ1v) is 10.2. The van der Waals surface area contributed by atoms with Gasteiger partial charge in [-0.3, -0.25) is 4.99 Å². The Hall–Kier alpha value is -1.75. The van der Waals surface area contributed by atoms with Gasteiger partial charge < -0.3 is 20.4 Å². The number of likely N-dealkylation sites (N-methyl/N-ethyl adjacent to an activating group) is 1. The maximum Gasteiger partial charge on any atom is 0.191 e. The fourth-order valence-electron chi connectivity index (χ4n) is 4.23. The van der Waals surface area contributed by atoms with Crippen LogP contribution in [0.5, 0.6) is 0 Å². The van der Waals surface area contributed by atoms with E-state index in [0.717, 1.165) is 38.2 Å². The lowest BCUT2D eigenvalue weighted by atomic mass is 10.1. The van der Waals surface area contributed by atoms with Crippen LogP contribution in [0.25, 0.3) is 0 Å². The summed E-state index contributed by atoms with van der Waals surface area (Å²) in [6.45, 7) is 4.20. The van der Waals surface area contributed by atoms with E-state index >= 15 is 0 Å². The van der Waals surface area contributed by atoms with Crippen molar-refractivity contribution in [2.75, 3.05) is 45.2 Å². The standard InChI is InChI=1S/C21H35N5/c1-22-21(23-14-16-25(2)19-10-6-7-11-19)24-18-9-8-15-26(17-18)20-12-4-3-5-13-20/h3-5,12-13,18-19H,6-11,14-17H2,1-2H3,(H2,22,23,24). The van der Waals surface area contributed by atoms with E-state index in [4.69, 9.17) is 0 Å². The molecule has 5 heteroatoms. The molecule has 3 rings (SSSR count). The molecule has 1 saturated carbocycles. The predicted molar refractivity (Wildman–Crippen MR) is 111 cm³/mol. The van der Waals surface area contributed by atoms with Crippen molar-refractivity contribution in [2.24, 2.45) is 4.99 Å². The van der Waals surface area contributed by atoms with E-state index in [2.05, 4.69) is 62.8 Å². The largest absolute Gasteiger partial charge is 0.369 e. The first kappa shape index (κ1) is 19.0. The highest BCUT2D eigenvalue weighted by atomic mass is 15.2. The van der Waals surface area contributed by atoms with E-state index in [0.29, 0.717) is 6.04 Å². The zero-order valence-electron chi connectivity index (χ0n) is 16.5. The minimum absolute atomic E-state index is 0.447. The van der Waals surface area contributed by atoms with Crippen LogP contribution in [0.1, 0.15) is 38.5 Å². The summed E-state index contributed by atoms with van der Waals surface area (Å²) in [5.41, 5.74) is 1.32. The maximum absolute atomic E-state index is 4.43. The molecule has 1 unspecified atom stereocenters. The van der Waals surface area contributed by atoms with Crippen molar-refractivity contribution in [1.82, 2.24) is 15.5 Å². The van der Waals surface area contributed by atoms with Crippen LogP contribution in [0.2, 0.25) is 0 Å². The fraction of sp³-hybridized carbons (Fsp3) is 0.667. The quantitative estimate of drug-likeness (QED) is 0.607. The average molecular weight is 358 g/mol. The zero-order valence-corrected chi connectivity index (χ0v) is 16.5. The fourth-order valence-corrected chi connectivity index (χ4v) is 4.23. The van der Waals surface area contributed by atoms with Crippen LogP contribution < -0.4 is 15.5 Å². The lowest BCUT2D eigenvalue weighted by molar-refractivity contribution is 0.249. The highest BCUT2D eigenvalue weighted by molar-refractivity contribution is 5.80. The van der Waals surface area contributed by atoms with Gasteiger partial charge in [-0.15, -0.1) is 0 Å². The molecule has 26 heavy (non-hydrogen) atoms. The minimum atomic E-state index is 0.447. The van der Waals surface area contributed by atoms with Gasteiger partial charge in [0.05, 0.1) is 0 Å². The van der Waals surface area contributed by atoms with Crippen LogP contribution in [0.4, 0.5) is 5.69 Å². The van der Waals surface area contributed by atoms with Gasteiger partial charge in [0.15, 0.2) is 5.96 Å². The molecule has 144 valence electrons. The lowest BCUT2D eigenvalue weighted by Gasteiger charge is -2.35. The Morgan fingerprint density at radius 2 is 1.92 bits per heavy atom. The molecule has 1 aliphatic heterocycles. The van der Waals surface area contributed by atoms with Gasteiger partial charge in [0.1, 0.15) is 0 Å². The molecule has 0 aromatic heterocycles. The Kier molecular flexibility index (Phi) is 7.18. The Morgan fingerprint density at radius 3 is 2.65 bits per heavy atom. The van der Waals surface area contributed by atoms with Crippen molar-refractivity contribution in [3.8, 4) is 0 Å². The summed E-state index contributed by atoms with van der Waals surface area (Å²) in [6.07, 6.45) is 7.93. The molecule has 1 atom stereocenters. The van der Waals surface area contributed by atoms with Gasteiger partial charge >= 0.3 is 0 Å². The average Bonchev–Trinajstić information content (AvgIpc) is 3.23. The maximum atomic E-state index is 4.43. The molecule has 1 aliphatic carbocycles. The van der Waals surface area contributed by atoms with Crippen LogP contribution in [-0.2, 0) is 0 Å². The molecular formula is C21H35N5. The van der Waals surface area contributed by atoms with Gasteiger partial charge in [-0.1, -0.05) is 31.0 Å². The molecule has 1 heterocycles. The van der Waals surface area contributed by atoms with E-state index in [1.54, 1.807) is 0 Å². The molecule has 1 saturated heterocycles. The monoisotopic (exact) mass is 357 g/mol. The van der Waals surface area contributed by atoms with E-state index < -0.39 is 0 Å². The number of hydrogen-bond acceptors (Lipinski definition) is 3. The number of rotatable bonds is 6. The van der Waals surface area contributed by atoms with E-state index in [9.17, 15) is 0 Å². The van der Waals surface area contributed by atoms with Crippen molar-refractivity contribution in [2.45, 2.75) is 50.6 Å². The van der Waals surface area contributed by atoms with Crippen LogP contribution >= 0.6 is 0 Å². The van der Waals surface area contributed by atoms with Gasteiger partial charge in [0.2, 0.25) is 0 Å². The van der Waals surface area contributed by atoms with Crippen molar-refractivity contribution in [1.29, 1.82) is 0 Å². The summed E-state index contributed by atoms with van der Waals surface area (Å²) in [7, 11) is 4.13. The minimum Gasteiger partial charge on any atom is -0.369 e. The van der Waals surface area contributed by atoms with Crippen LogP contribution in [0.15, 0.2) is 35.3 Å². The number of hydrogen-bond donors (Lipinski definition) is 2. The third-order valence-corrected chi connectivity index (χ3v) is 5.81. The molecular weight excluding hydrogens is 322 g/mol. The van der Waals surface area contributed by atoms with E-state index in [1.807, 2.05) is 7.05 Å². The molecule has 1 aromatic carbocycles. The summed E-state index contributed by atoms with van der Waals surface area (Å²) >= 11 is 0. The van der Waals surface area contributed by atoms with Crippen LogP contribution in [0, 0.1) is 0 Å². The number of nitrogens with one attached hydrogen (secondary N) is 2. The first-order valence-electron chi connectivity index (χ1n) is 10.2. The third kappa shape index (κ3) is 5.37. The zero-order chi connectivity index (χ0) is 18.2. The summed E-state index contributed by atoms with van der Waals surface area (Å²) in [4.78, 5) is 9.41. The Bertz CT molecular complexity index is 553. The second kappa shape index (κ2) is 9.81. The van der Waals surface area contributed by atoms with Crippen LogP contribution in [0.3, 0.4) is 0 Å². The highest BCUT2D eigenvalue weighted by Crippen LogP contribution is 2.22. The predicted octanol–water partition coefficient (Wildman–Crippen LogP) is 2.69. The van der Waals surface area contributed by atoms with E-state index in [-0.39, 0.29) is 0 Å². The normalized spacial score (nSPS) is 22.0. The number of para-hydroxylation sites is 1. The third-order valence-electron chi connectivity index (χ3n) is 5.81. The molecule has 0 bridgehead atoms. The Labute approximate surface area is 158 Å². The molecule has 0 radical (unpaired) electrons. The second-order valence-electron chi connectivity index (χ2n) is 7.68. The van der Waals surface area contributed by atoms with Gasteiger partial charge in [0.25, 0.3) is 0 Å². The first-order chi connectivity index (χ1) is 12.8. The number of piperidine rings is 1. The van der Waals surface area contributed by atoms with Gasteiger partial charge in [0, 0.05) is 51.0 Å². The van der Waals surface area contributed by atoms with Gasteiger partial charge in [-0.2, -0.15) is 0 Å². The smallest absolute Gasteiger partial charge is 0.191 e. The molecule has 2 aliphatic rings. The SMILES string of the molecule is CN=C(NCCN(C)C1CCCC1)NC1CCCN(c2ccccc2)C1. The Morgan fingerprint density at radius 1 is 1.15 bits per heavy atom. The topological polar surface area (TPSA) is 42.9 Å². The highest BCUT2D eigenvalue weighted by Gasteiger charge is 2.21. The second-order valence-corrected chi connectivity index (χ2v) is 7.68. The summed E-state index contributed by atoms with van der Waals surface area (Å²) < 4.78 is 0. The molecule has 1 aromatic rings. The number of benzene rings is 1. The number of guanidine groups is 1. The molecule has 5 nitrogen and oxygen atoms in total. The van der Waals surface area contributed by atoms with E-state index in [1.165, 1.54) is 44.2 Å². The lowest BCUT2D eigenvalue weighted by Crippen LogP contribution is -2.52. The summed E-state index contributed by atoms with van der Waals surface area (Å²) in [6, 6.07) is 12.0. The number of nitrogens with zero attached hydrogens (tertiary/aromatic N) is 3. The van der Waals surface area contributed by atoms with Crippen molar-refractivity contribution < 1.29 is 0 Å². The van der Waals surface area contributed by atoms with Gasteiger partial charge in [-0.25, -0.2) is 0 Å². The molecule has 0 amide bonds. The number of aliphatic imine (C=N–C) groups is 1. The Balaban J connectivity index is 1.42. The number of anilines is 1. The molecule has 0 spiro atoms. The van der Waals surface area contributed by atoms with Crippen molar-refractivity contribution in [3.63, 3.8) is 0 Å². The summed E-state index contributed by atoms with van der Waals surface area (Å²) in [5.74, 6) is 0.935. The summed E-state index contributed by atoms with van der Waals surface area (Å²) in [5, 5.41) is 7.13. The van der Waals surface area contributed by atoms with Gasteiger partial charge in [-0.05, 0) is 44.9 Å². The van der Waals surface area contributed by atoms with Crippen LogP contribution in [-0.4, -0.2) is 63.2 Å². The van der Waals surface area contributed by atoms with Crippen molar-refractivity contribution in [3.05, 3.63) is 30.3 Å².